The molecule has 3 atom stereocenters. The summed E-state index contributed by atoms with van der Waals surface area (Å²) < 4.78 is 5.96. The zero-order chi connectivity index (χ0) is 13.1. The van der Waals surface area contributed by atoms with Gasteiger partial charge in [-0.1, -0.05) is 24.3 Å². The third-order valence-corrected chi connectivity index (χ3v) is 4.52. The van der Waals surface area contributed by atoms with Gasteiger partial charge in [-0.15, -0.1) is 0 Å². The van der Waals surface area contributed by atoms with Gasteiger partial charge in [-0.05, 0) is 55.2 Å². The Kier molecular flexibility index (Phi) is 3.75. The Morgan fingerprint density at radius 2 is 2.21 bits per heavy atom. The smallest absolute Gasteiger partial charge is 0.120 e. The molecule has 2 saturated carbocycles. The minimum absolute atomic E-state index is 0.399. The molecule has 0 aliphatic heterocycles. The number of rotatable bonds is 3. The first-order chi connectivity index (χ1) is 9.35. The molecule has 3 unspecified atom stereocenters. The monoisotopic (exact) mass is 255 g/mol. The molecule has 2 aliphatic carbocycles. The summed E-state index contributed by atoms with van der Waals surface area (Å²) in [7, 11) is 0. The Balaban J connectivity index is 1.58. The van der Waals surface area contributed by atoms with Crippen LogP contribution < -0.4 is 10.5 Å². The Hall–Kier alpha value is -1.46. The highest BCUT2D eigenvalue weighted by Gasteiger charge is 2.39. The SMILES string of the molecule is NCC#Cc1cccc(OCC2CC3CCC2C3)c1. The molecule has 0 amide bonds. The lowest BCUT2D eigenvalue weighted by atomic mass is 9.89. The zero-order valence-electron chi connectivity index (χ0n) is 11.3. The van der Waals surface area contributed by atoms with E-state index >= 15 is 0 Å². The number of hydrogen-bond acceptors (Lipinski definition) is 2. The van der Waals surface area contributed by atoms with Gasteiger partial charge in [0.25, 0.3) is 0 Å². The van der Waals surface area contributed by atoms with Gasteiger partial charge in [0.1, 0.15) is 5.75 Å². The van der Waals surface area contributed by atoms with Crippen molar-refractivity contribution < 1.29 is 4.74 Å². The fraction of sp³-hybridized carbons (Fsp3) is 0.529. The third-order valence-electron chi connectivity index (χ3n) is 4.52. The molecule has 1 aromatic rings. The highest BCUT2D eigenvalue weighted by atomic mass is 16.5. The quantitative estimate of drug-likeness (QED) is 0.843. The van der Waals surface area contributed by atoms with Crippen molar-refractivity contribution in [2.45, 2.75) is 25.7 Å². The van der Waals surface area contributed by atoms with E-state index in [2.05, 4.69) is 11.8 Å². The van der Waals surface area contributed by atoms with Crippen LogP contribution in [0.1, 0.15) is 31.2 Å². The molecule has 0 aromatic heterocycles. The van der Waals surface area contributed by atoms with Crippen LogP contribution in [0.15, 0.2) is 24.3 Å². The standard InChI is InChI=1S/C17H21NO/c18-8-2-4-13-3-1-5-17(11-13)19-12-16-10-14-6-7-15(16)9-14/h1,3,5,11,14-16H,6-10,12,18H2. The summed E-state index contributed by atoms with van der Waals surface area (Å²) in [5, 5.41) is 0. The van der Waals surface area contributed by atoms with Gasteiger partial charge >= 0.3 is 0 Å². The van der Waals surface area contributed by atoms with Crippen molar-refractivity contribution >= 4 is 0 Å². The van der Waals surface area contributed by atoms with Crippen molar-refractivity contribution in [1.82, 2.24) is 0 Å². The first-order valence-corrected chi connectivity index (χ1v) is 7.27. The topological polar surface area (TPSA) is 35.2 Å². The van der Waals surface area contributed by atoms with E-state index in [1.165, 1.54) is 25.7 Å². The Bertz CT molecular complexity index is 499. The summed E-state index contributed by atoms with van der Waals surface area (Å²) in [4.78, 5) is 0. The van der Waals surface area contributed by atoms with E-state index in [-0.39, 0.29) is 0 Å². The molecule has 2 bridgehead atoms. The van der Waals surface area contributed by atoms with Gasteiger partial charge in [0, 0.05) is 5.56 Å². The number of ether oxygens (including phenoxy) is 1. The molecule has 19 heavy (non-hydrogen) atoms. The molecule has 0 saturated heterocycles. The highest BCUT2D eigenvalue weighted by Crippen LogP contribution is 2.48. The lowest BCUT2D eigenvalue weighted by Gasteiger charge is -2.21. The molecule has 1 aromatic carbocycles. The maximum absolute atomic E-state index is 5.96. The molecule has 2 N–H and O–H groups in total. The second-order valence-corrected chi connectivity index (χ2v) is 5.78. The lowest BCUT2D eigenvalue weighted by molar-refractivity contribution is 0.195. The van der Waals surface area contributed by atoms with Gasteiger partial charge < -0.3 is 10.5 Å². The number of fused-ring (bicyclic) bond motifs is 2. The second-order valence-electron chi connectivity index (χ2n) is 5.78. The first-order valence-electron chi connectivity index (χ1n) is 7.27. The molecule has 0 spiro atoms. The summed E-state index contributed by atoms with van der Waals surface area (Å²) in [6.07, 6.45) is 5.68. The maximum atomic E-state index is 5.96. The summed E-state index contributed by atoms with van der Waals surface area (Å²) >= 11 is 0. The molecule has 2 aliphatic rings. The molecule has 2 heteroatoms. The van der Waals surface area contributed by atoms with E-state index in [0.717, 1.165) is 35.7 Å². The second kappa shape index (κ2) is 5.67. The van der Waals surface area contributed by atoms with Crippen LogP contribution in [0.4, 0.5) is 0 Å². The van der Waals surface area contributed by atoms with Crippen LogP contribution in [0.2, 0.25) is 0 Å². The van der Waals surface area contributed by atoms with E-state index in [9.17, 15) is 0 Å². The van der Waals surface area contributed by atoms with Gasteiger partial charge in [-0.3, -0.25) is 0 Å². The van der Waals surface area contributed by atoms with Crippen LogP contribution in [0.25, 0.3) is 0 Å². The van der Waals surface area contributed by atoms with Gasteiger partial charge in [-0.2, -0.15) is 0 Å². The molecular formula is C17H21NO. The molecule has 2 fully saturated rings. The van der Waals surface area contributed by atoms with Crippen LogP contribution in [0.3, 0.4) is 0 Å². The van der Waals surface area contributed by atoms with Crippen molar-refractivity contribution in [3.8, 4) is 17.6 Å². The third kappa shape index (κ3) is 2.93. The number of nitrogens with two attached hydrogens (primary N) is 1. The minimum atomic E-state index is 0.399. The van der Waals surface area contributed by atoms with Crippen LogP contribution in [-0.2, 0) is 0 Å². The van der Waals surface area contributed by atoms with E-state index in [0.29, 0.717) is 6.54 Å². The summed E-state index contributed by atoms with van der Waals surface area (Å²) in [5.74, 6) is 9.54. The zero-order valence-corrected chi connectivity index (χ0v) is 11.3. The van der Waals surface area contributed by atoms with Crippen LogP contribution in [-0.4, -0.2) is 13.2 Å². The maximum Gasteiger partial charge on any atom is 0.120 e. The van der Waals surface area contributed by atoms with Crippen LogP contribution in [0.5, 0.6) is 5.75 Å². The van der Waals surface area contributed by atoms with Crippen LogP contribution >= 0.6 is 0 Å². The average molecular weight is 255 g/mol. The summed E-state index contributed by atoms with van der Waals surface area (Å²) in [5.41, 5.74) is 6.37. The van der Waals surface area contributed by atoms with E-state index < -0.39 is 0 Å². The largest absolute Gasteiger partial charge is 0.493 e. The fourth-order valence-corrected chi connectivity index (χ4v) is 3.60. The van der Waals surface area contributed by atoms with Crippen molar-refractivity contribution in [1.29, 1.82) is 0 Å². The van der Waals surface area contributed by atoms with Crippen molar-refractivity contribution in [3.05, 3.63) is 29.8 Å². The van der Waals surface area contributed by atoms with Gasteiger partial charge in [0.15, 0.2) is 0 Å². The fourth-order valence-electron chi connectivity index (χ4n) is 3.60. The molecular weight excluding hydrogens is 234 g/mol. The highest BCUT2D eigenvalue weighted by molar-refractivity contribution is 5.39. The molecule has 2 nitrogen and oxygen atoms in total. The first kappa shape index (κ1) is 12.6. The van der Waals surface area contributed by atoms with Crippen molar-refractivity contribution in [3.63, 3.8) is 0 Å². The number of benzene rings is 1. The van der Waals surface area contributed by atoms with Gasteiger partial charge in [0.2, 0.25) is 0 Å². The minimum Gasteiger partial charge on any atom is -0.493 e. The molecule has 3 rings (SSSR count). The summed E-state index contributed by atoms with van der Waals surface area (Å²) in [6.45, 7) is 1.27. The molecule has 0 radical (unpaired) electrons. The molecule has 0 heterocycles. The van der Waals surface area contributed by atoms with E-state index in [1.54, 1.807) is 0 Å². The van der Waals surface area contributed by atoms with Crippen molar-refractivity contribution in [2.24, 2.45) is 23.5 Å². The van der Waals surface area contributed by atoms with Gasteiger partial charge in [-0.25, -0.2) is 0 Å². The van der Waals surface area contributed by atoms with Crippen molar-refractivity contribution in [2.75, 3.05) is 13.2 Å². The van der Waals surface area contributed by atoms with E-state index in [1.807, 2.05) is 24.3 Å². The lowest BCUT2D eigenvalue weighted by Crippen LogP contribution is -2.18. The molecule has 100 valence electrons. The average Bonchev–Trinajstić information content (AvgIpc) is 3.06. The normalized spacial score (nSPS) is 27.9. The van der Waals surface area contributed by atoms with Crippen LogP contribution in [0, 0.1) is 29.6 Å². The van der Waals surface area contributed by atoms with Gasteiger partial charge in [0.05, 0.1) is 13.2 Å². The predicted octanol–water partition coefficient (Wildman–Crippen LogP) is 2.81. The predicted molar refractivity (Wildman–Crippen MR) is 76.8 cm³/mol. The Morgan fingerprint density at radius 1 is 1.26 bits per heavy atom. The number of hydrogen-bond donors (Lipinski definition) is 1. The van der Waals surface area contributed by atoms with E-state index in [4.69, 9.17) is 10.5 Å². The Morgan fingerprint density at radius 3 is 2.95 bits per heavy atom. The Labute approximate surface area is 115 Å². The summed E-state index contributed by atoms with van der Waals surface area (Å²) in [6, 6.07) is 8.01.